The van der Waals surface area contributed by atoms with E-state index in [9.17, 15) is 4.79 Å². The van der Waals surface area contributed by atoms with E-state index in [1.54, 1.807) is 16.2 Å². The van der Waals surface area contributed by atoms with Crippen LogP contribution in [0.5, 0.6) is 0 Å². The summed E-state index contributed by atoms with van der Waals surface area (Å²) >= 11 is 1.65. The quantitative estimate of drug-likeness (QED) is 0.859. The van der Waals surface area contributed by atoms with Crippen LogP contribution in [0.1, 0.15) is 38.6 Å². The summed E-state index contributed by atoms with van der Waals surface area (Å²) in [5.74, 6) is 0.0849. The lowest BCUT2D eigenvalue weighted by Crippen LogP contribution is -2.29. The molecule has 0 aliphatic carbocycles. The molecule has 0 unspecified atom stereocenters. The van der Waals surface area contributed by atoms with Gasteiger partial charge in [0.15, 0.2) is 0 Å². The van der Waals surface area contributed by atoms with Gasteiger partial charge in [-0.15, -0.1) is 11.3 Å². The number of nitrogens with zero attached hydrogens (tertiary/aromatic N) is 3. The molecule has 0 atom stereocenters. The van der Waals surface area contributed by atoms with Crippen molar-refractivity contribution in [3.8, 4) is 0 Å². The Labute approximate surface area is 141 Å². The van der Waals surface area contributed by atoms with Crippen LogP contribution < -0.4 is 4.90 Å². The second-order valence-electron chi connectivity index (χ2n) is 6.22. The average Bonchev–Trinajstić information content (AvgIpc) is 3.18. The number of aromatic nitrogens is 1. The molecule has 0 radical (unpaired) electrons. The monoisotopic (exact) mass is 329 g/mol. The van der Waals surface area contributed by atoms with E-state index >= 15 is 0 Å². The van der Waals surface area contributed by atoms with Gasteiger partial charge in [-0.3, -0.25) is 4.79 Å². The first kappa shape index (κ1) is 16.0. The lowest BCUT2D eigenvalue weighted by atomic mass is 10.1. The Morgan fingerprint density at radius 3 is 2.70 bits per heavy atom. The van der Waals surface area contributed by atoms with Crippen molar-refractivity contribution in [2.24, 2.45) is 0 Å². The largest absolute Gasteiger partial charge is 0.371 e. The molecule has 1 aliphatic heterocycles. The van der Waals surface area contributed by atoms with Crippen molar-refractivity contribution >= 4 is 22.9 Å². The molecule has 0 bridgehead atoms. The Bertz CT molecular complexity index is 704. The van der Waals surface area contributed by atoms with E-state index in [-0.39, 0.29) is 5.91 Å². The fraction of sp³-hybridized carbons (Fsp3) is 0.444. The average molecular weight is 329 g/mol. The zero-order chi connectivity index (χ0) is 16.4. The van der Waals surface area contributed by atoms with Gasteiger partial charge in [-0.25, -0.2) is 4.98 Å². The number of aryl methyl sites for hydroxylation is 2. The van der Waals surface area contributed by atoms with Crippen LogP contribution in [0.2, 0.25) is 0 Å². The molecule has 4 nitrogen and oxygen atoms in total. The number of rotatable bonds is 4. The van der Waals surface area contributed by atoms with Gasteiger partial charge in [-0.05, 0) is 38.8 Å². The Morgan fingerprint density at radius 2 is 2.04 bits per heavy atom. The molecule has 1 aliphatic rings. The molecule has 23 heavy (non-hydrogen) atoms. The van der Waals surface area contributed by atoms with Crippen molar-refractivity contribution in [1.29, 1.82) is 0 Å². The van der Waals surface area contributed by atoms with Gasteiger partial charge in [0.1, 0.15) is 0 Å². The standard InChI is InChI=1S/C18H23N3OS/c1-13-6-7-17(21-8-4-5-9-21)16(10-13)18(22)20(3)12-15-11-19-14(2)23-15/h6-7,10-11H,4-5,8-9,12H2,1-3H3. The van der Waals surface area contributed by atoms with Gasteiger partial charge in [0, 0.05) is 36.9 Å². The molecule has 122 valence electrons. The number of hydrogen-bond donors (Lipinski definition) is 0. The highest BCUT2D eigenvalue weighted by Crippen LogP contribution is 2.27. The van der Waals surface area contributed by atoms with Crippen LogP contribution in [0.15, 0.2) is 24.4 Å². The first-order valence-corrected chi connectivity index (χ1v) is 8.88. The van der Waals surface area contributed by atoms with Crippen LogP contribution >= 0.6 is 11.3 Å². The van der Waals surface area contributed by atoms with E-state index in [1.165, 1.54) is 12.8 Å². The number of benzene rings is 1. The fourth-order valence-electron chi connectivity index (χ4n) is 3.04. The summed E-state index contributed by atoms with van der Waals surface area (Å²) in [6, 6.07) is 6.21. The van der Waals surface area contributed by atoms with E-state index in [2.05, 4.69) is 22.0 Å². The van der Waals surface area contributed by atoms with Gasteiger partial charge in [-0.1, -0.05) is 11.6 Å². The first-order valence-electron chi connectivity index (χ1n) is 8.07. The van der Waals surface area contributed by atoms with Crippen molar-refractivity contribution in [1.82, 2.24) is 9.88 Å². The number of thiazole rings is 1. The lowest BCUT2D eigenvalue weighted by molar-refractivity contribution is 0.0787. The summed E-state index contributed by atoms with van der Waals surface area (Å²) in [5.41, 5.74) is 3.01. The number of anilines is 1. The van der Waals surface area contributed by atoms with Gasteiger partial charge < -0.3 is 9.80 Å². The zero-order valence-corrected chi connectivity index (χ0v) is 14.8. The van der Waals surface area contributed by atoms with Crippen LogP contribution in [0.4, 0.5) is 5.69 Å². The second-order valence-corrected chi connectivity index (χ2v) is 7.54. The summed E-state index contributed by atoms with van der Waals surface area (Å²) in [6.07, 6.45) is 4.27. The van der Waals surface area contributed by atoms with Gasteiger partial charge in [-0.2, -0.15) is 0 Å². The predicted octanol–water partition coefficient (Wildman–Crippen LogP) is 3.63. The molecule has 0 spiro atoms. The number of carbonyl (C=O) groups excluding carboxylic acids is 1. The maximum absolute atomic E-state index is 13.0. The van der Waals surface area contributed by atoms with Crippen LogP contribution in [0.25, 0.3) is 0 Å². The molecular formula is C18H23N3OS. The van der Waals surface area contributed by atoms with Crippen LogP contribution in [-0.4, -0.2) is 35.9 Å². The normalized spacial score (nSPS) is 14.3. The third-order valence-electron chi connectivity index (χ3n) is 4.24. The first-order chi connectivity index (χ1) is 11.0. The molecule has 2 aromatic rings. The predicted molar refractivity (Wildman–Crippen MR) is 95.3 cm³/mol. The van der Waals surface area contributed by atoms with Gasteiger partial charge >= 0.3 is 0 Å². The third kappa shape index (κ3) is 3.55. The molecule has 1 amide bonds. The molecule has 3 rings (SSSR count). The van der Waals surface area contributed by atoms with E-state index in [1.807, 2.05) is 33.2 Å². The van der Waals surface area contributed by atoms with Crippen molar-refractivity contribution in [2.75, 3.05) is 25.0 Å². The Morgan fingerprint density at radius 1 is 1.30 bits per heavy atom. The molecule has 0 N–H and O–H groups in total. The van der Waals surface area contributed by atoms with Crippen molar-refractivity contribution in [2.45, 2.75) is 33.2 Å². The number of amides is 1. The van der Waals surface area contributed by atoms with E-state index in [0.29, 0.717) is 6.54 Å². The van der Waals surface area contributed by atoms with Gasteiger partial charge in [0.2, 0.25) is 0 Å². The molecule has 5 heteroatoms. The minimum Gasteiger partial charge on any atom is -0.371 e. The molecule has 1 fully saturated rings. The van der Waals surface area contributed by atoms with Crippen molar-refractivity contribution in [3.63, 3.8) is 0 Å². The second kappa shape index (κ2) is 6.71. The van der Waals surface area contributed by atoms with Crippen molar-refractivity contribution < 1.29 is 4.79 Å². The summed E-state index contributed by atoms with van der Waals surface area (Å²) in [7, 11) is 1.87. The summed E-state index contributed by atoms with van der Waals surface area (Å²) in [5, 5.41) is 1.04. The molecule has 1 saturated heterocycles. The topological polar surface area (TPSA) is 36.4 Å². The summed E-state index contributed by atoms with van der Waals surface area (Å²) in [4.78, 5) is 22.5. The summed E-state index contributed by atoms with van der Waals surface area (Å²) < 4.78 is 0. The molecule has 1 aromatic heterocycles. The summed E-state index contributed by atoms with van der Waals surface area (Å²) in [6.45, 7) is 6.72. The zero-order valence-electron chi connectivity index (χ0n) is 14.0. The molecule has 2 heterocycles. The number of hydrogen-bond acceptors (Lipinski definition) is 4. The Hall–Kier alpha value is -1.88. The van der Waals surface area contributed by atoms with Crippen LogP contribution in [0.3, 0.4) is 0 Å². The fourth-order valence-corrected chi connectivity index (χ4v) is 3.89. The van der Waals surface area contributed by atoms with E-state index in [4.69, 9.17) is 0 Å². The van der Waals surface area contributed by atoms with E-state index in [0.717, 1.165) is 39.8 Å². The van der Waals surface area contributed by atoms with Crippen LogP contribution in [-0.2, 0) is 6.54 Å². The maximum Gasteiger partial charge on any atom is 0.256 e. The highest BCUT2D eigenvalue weighted by molar-refractivity contribution is 7.11. The van der Waals surface area contributed by atoms with Crippen molar-refractivity contribution in [3.05, 3.63) is 45.4 Å². The minimum absolute atomic E-state index is 0.0849. The van der Waals surface area contributed by atoms with E-state index < -0.39 is 0 Å². The molecular weight excluding hydrogens is 306 g/mol. The highest BCUT2D eigenvalue weighted by atomic mass is 32.1. The lowest BCUT2D eigenvalue weighted by Gasteiger charge is -2.24. The molecule has 0 saturated carbocycles. The smallest absolute Gasteiger partial charge is 0.256 e. The van der Waals surface area contributed by atoms with Crippen LogP contribution in [0, 0.1) is 13.8 Å². The minimum atomic E-state index is 0.0849. The van der Waals surface area contributed by atoms with Gasteiger partial charge in [0.25, 0.3) is 5.91 Å². The number of carbonyl (C=O) groups is 1. The SMILES string of the molecule is Cc1ccc(N2CCCC2)c(C(=O)N(C)Cc2cnc(C)s2)c1. The Kier molecular flexibility index (Phi) is 4.66. The Balaban J connectivity index is 1.84. The third-order valence-corrected chi connectivity index (χ3v) is 5.14. The maximum atomic E-state index is 13.0. The highest BCUT2D eigenvalue weighted by Gasteiger charge is 2.22. The van der Waals surface area contributed by atoms with Gasteiger partial charge in [0.05, 0.1) is 17.1 Å². The molecule has 1 aromatic carbocycles.